The highest BCUT2D eigenvalue weighted by molar-refractivity contribution is 7.12. The van der Waals surface area contributed by atoms with Crippen LogP contribution in [0.4, 0.5) is 5.69 Å². The fourth-order valence-electron chi connectivity index (χ4n) is 2.96. The highest BCUT2D eigenvalue weighted by atomic mass is 32.1. The van der Waals surface area contributed by atoms with Gasteiger partial charge in [-0.15, -0.1) is 11.3 Å². The van der Waals surface area contributed by atoms with Crippen molar-refractivity contribution in [3.63, 3.8) is 0 Å². The van der Waals surface area contributed by atoms with Crippen LogP contribution in [0.5, 0.6) is 0 Å². The van der Waals surface area contributed by atoms with Crippen LogP contribution in [0.3, 0.4) is 0 Å². The molecule has 1 aromatic heterocycles. The lowest BCUT2D eigenvalue weighted by atomic mass is 9.99. The number of carbonyl (C=O) groups is 2. The number of thiophene rings is 1. The number of rotatable bonds is 5. The quantitative estimate of drug-likeness (QED) is 0.648. The number of anilines is 1. The van der Waals surface area contributed by atoms with Crippen molar-refractivity contribution in [3.8, 4) is 0 Å². The Balaban J connectivity index is 1.79. The van der Waals surface area contributed by atoms with Crippen molar-refractivity contribution >= 4 is 28.8 Å². The lowest BCUT2D eigenvalue weighted by Gasteiger charge is -2.18. The highest BCUT2D eigenvalue weighted by Crippen LogP contribution is 2.22. The Bertz CT molecular complexity index is 964. The van der Waals surface area contributed by atoms with Crippen LogP contribution in [0.1, 0.15) is 49.7 Å². The molecule has 0 radical (unpaired) electrons. The molecule has 5 heteroatoms. The maximum atomic E-state index is 12.9. The van der Waals surface area contributed by atoms with Gasteiger partial charge in [0.05, 0.1) is 22.2 Å². The summed E-state index contributed by atoms with van der Waals surface area (Å²) in [6.45, 7) is 6.03. The molecule has 0 spiro atoms. The molecular weight excluding hydrogens is 356 g/mol. The average Bonchev–Trinajstić information content (AvgIpc) is 3.19. The third-order valence-electron chi connectivity index (χ3n) is 4.41. The Hall–Kier alpha value is -2.92. The van der Waals surface area contributed by atoms with Crippen molar-refractivity contribution in [3.05, 3.63) is 87.1 Å². The molecule has 1 unspecified atom stereocenters. The van der Waals surface area contributed by atoms with Gasteiger partial charge < -0.3 is 10.6 Å². The first-order chi connectivity index (χ1) is 13.0. The van der Waals surface area contributed by atoms with Crippen LogP contribution < -0.4 is 10.6 Å². The van der Waals surface area contributed by atoms with Gasteiger partial charge in [0.1, 0.15) is 0 Å². The van der Waals surface area contributed by atoms with E-state index in [-0.39, 0.29) is 17.9 Å². The second kappa shape index (κ2) is 8.18. The van der Waals surface area contributed by atoms with E-state index in [1.165, 1.54) is 11.3 Å². The fraction of sp³-hybridized carbons (Fsp3) is 0.182. The Labute approximate surface area is 163 Å². The van der Waals surface area contributed by atoms with Crippen LogP contribution in [-0.4, -0.2) is 11.8 Å². The van der Waals surface area contributed by atoms with Crippen molar-refractivity contribution in [1.82, 2.24) is 5.32 Å². The lowest BCUT2D eigenvalue weighted by molar-refractivity contribution is 0.0940. The second-order valence-corrected chi connectivity index (χ2v) is 7.48. The lowest BCUT2D eigenvalue weighted by Crippen LogP contribution is -2.28. The van der Waals surface area contributed by atoms with E-state index in [4.69, 9.17) is 0 Å². The van der Waals surface area contributed by atoms with Crippen molar-refractivity contribution < 1.29 is 9.59 Å². The van der Waals surface area contributed by atoms with Crippen LogP contribution in [-0.2, 0) is 0 Å². The number of hydrogen-bond donors (Lipinski definition) is 2. The molecular formula is C22H22N2O2S. The molecule has 0 aliphatic rings. The molecule has 138 valence electrons. The summed E-state index contributed by atoms with van der Waals surface area (Å²) >= 11 is 1.36. The van der Waals surface area contributed by atoms with Crippen molar-refractivity contribution in [2.45, 2.75) is 26.8 Å². The molecule has 1 heterocycles. The number of carbonyl (C=O) groups excluding carboxylic acids is 2. The second-order valence-electron chi connectivity index (χ2n) is 6.53. The third kappa shape index (κ3) is 4.44. The van der Waals surface area contributed by atoms with Gasteiger partial charge in [-0.1, -0.05) is 42.0 Å². The van der Waals surface area contributed by atoms with Gasteiger partial charge in [-0.05, 0) is 55.5 Å². The van der Waals surface area contributed by atoms with Crippen molar-refractivity contribution in [1.29, 1.82) is 0 Å². The van der Waals surface area contributed by atoms with E-state index in [1.807, 2.05) is 32.2 Å². The Kier molecular flexibility index (Phi) is 5.72. The summed E-state index contributed by atoms with van der Waals surface area (Å²) in [5.74, 6) is -0.432. The van der Waals surface area contributed by atoms with Crippen LogP contribution in [0.25, 0.3) is 0 Å². The van der Waals surface area contributed by atoms with E-state index in [1.54, 1.807) is 30.3 Å². The van der Waals surface area contributed by atoms with Gasteiger partial charge in [-0.3, -0.25) is 9.59 Å². The SMILES string of the molecule is Cc1ccc(C)c(C(C)NC(=O)c2ccccc2NC(=O)c2cccs2)c1. The highest BCUT2D eigenvalue weighted by Gasteiger charge is 2.17. The van der Waals surface area contributed by atoms with Gasteiger partial charge in [-0.25, -0.2) is 0 Å². The Morgan fingerprint density at radius 3 is 2.48 bits per heavy atom. The topological polar surface area (TPSA) is 58.2 Å². The predicted molar refractivity (Wildman–Crippen MR) is 111 cm³/mol. The van der Waals surface area contributed by atoms with E-state index < -0.39 is 0 Å². The monoisotopic (exact) mass is 378 g/mol. The van der Waals surface area contributed by atoms with Gasteiger partial charge in [0.25, 0.3) is 11.8 Å². The zero-order valence-electron chi connectivity index (χ0n) is 15.6. The number of amides is 2. The molecule has 0 aliphatic heterocycles. The zero-order valence-corrected chi connectivity index (χ0v) is 16.4. The minimum atomic E-state index is -0.217. The molecule has 4 nitrogen and oxygen atoms in total. The number of benzene rings is 2. The minimum absolute atomic E-state index is 0.140. The van der Waals surface area contributed by atoms with Gasteiger partial charge in [0.2, 0.25) is 0 Å². The molecule has 2 aromatic carbocycles. The van der Waals surface area contributed by atoms with Gasteiger partial charge in [0, 0.05) is 0 Å². The maximum Gasteiger partial charge on any atom is 0.265 e. The largest absolute Gasteiger partial charge is 0.345 e. The average molecular weight is 378 g/mol. The summed E-state index contributed by atoms with van der Waals surface area (Å²) in [4.78, 5) is 25.8. The summed E-state index contributed by atoms with van der Waals surface area (Å²) in [7, 11) is 0. The maximum absolute atomic E-state index is 12.9. The van der Waals surface area contributed by atoms with E-state index in [0.717, 1.165) is 16.7 Å². The van der Waals surface area contributed by atoms with Crippen molar-refractivity contribution in [2.75, 3.05) is 5.32 Å². The molecule has 1 atom stereocenters. The molecule has 0 saturated carbocycles. The number of para-hydroxylation sites is 1. The Morgan fingerprint density at radius 2 is 1.74 bits per heavy atom. The van der Waals surface area contributed by atoms with Crippen molar-refractivity contribution in [2.24, 2.45) is 0 Å². The summed E-state index contributed by atoms with van der Waals surface area (Å²) < 4.78 is 0. The van der Waals surface area contributed by atoms with E-state index in [0.29, 0.717) is 16.1 Å². The molecule has 0 fully saturated rings. The molecule has 0 aliphatic carbocycles. The zero-order chi connectivity index (χ0) is 19.4. The predicted octanol–water partition coefficient (Wildman–Crippen LogP) is 5.11. The number of aryl methyl sites for hydroxylation is 2. The molecule has 3 rings (SSSR count). The molecule has 0 bridgehead atoms. The first-order valence-corrected chi connectivity index (χ1v) is 9.65. The fourth-order valence-corrected chi connectivity index (χ4v) is 3.58. The van der Waals surface area contributed by atoms with Crippen LogP contribution in [0.2, 0.25) is 0 Å². The standard InChI is InChI=1S/C22H22N2O2S/c1-14-10-11-15(2)18(13-14)16(3)23-21(25)17-7-4-5-8-19(17)24-22(26)20-9-6-12-27-20/h4-13,16H,1-3H3,(H,23,25)(H,24,26). The number of nitrogens with one attached hydrogen (secondary N) is 2. The van der Waals surface area contributed by atoms with Crippen LogP contribution in [0, 0.1) is 13.8 Å². The summed E-state index contributed by atoms with van der Waals surface area (Å²) in [5.41, 5.74) is 4.32. The van der Waals surface area contributed by atoms with Gasteiger partial charge in [0.15, 0.2) is 0 Å². The first kappa shape index (κ1) is 18.9. The molecule has 27 heavy (non-hydrogen) atoms. The van der Waals surface area contributed by atoms with Crippen LogP contribution >= 0.6 is 11.3 Å². The molecule has 0 saturated heterocycles. The number of hydrogen-bond acceptors (Lipinski definition) is 3. The normalized spacial score (nSPS) is 11.7. The van der Waals surface area contributed by atoms with E-state index in [9.17, 15) is 9.59 Å². The third-order valence-corrected chi connectivity index (χ3v) is 5.28. The Morgan fingerprint density at radius 1 is 0.963 bits per heavy atom. The summed E-state index contributed by atoms with van der Waals surface area (Å²) in [6.07, 6.45) is 0. The summed E-state index contributed by atoms with van der Waals surface area (Å²) in [5, 5.41) is 7.73. The summed E-state index contributed by atoms with van der Waals surface area (Å²) in [6, 6.07) is 16.7. The first-order valence-electron chi connectivity index (χ1n) is 8.77. The van der Waals surface area contributed by atoms with Gasteiger partial charge in [-0.2, -0.15) is 0 Å². The van der Waals surface area contributed by atoms with Crippen LogP contribution in [0.15, 0.2) is 60.0 Å². The van der Waals surface area contributed by atoms with E-state index >= 15 is 0 Å². The molecule has 2 amide bonds. The molecule has 2 N–H and O–H groups in total. The van der Waals surface area contributed by atoms with E-state index in [2.05, 4.69) is 28.8 Å². The smallest absolute Gasteiger partial charge is 0.265 e. The van der Waals surface area contributed by atoms with Gasteiger partial charge >= 0.3 is 0 Å². The minimum Gasteiger partial charge on any atom is -0.345 e. The molecule has 3 aromatic rings.